The molecule has 0 amide bonds. The summed E-state index contributed by atoms with van der Waals surface area (Å²) in [4.78, 5) is 9.15. The maximum atomic E-state index is 12.7. The largest absolute Gasteiger partial charge is 0.573 e. The van der Waals surface area contributed by atoms with Gasteiger partial charge in [0, 0.05) is 24.2 Å². The van der Waals surface area contributed by atoms with Crippen LogP contribution in [0.15, 0.2) is 54.6 Å². The lowest BCUT2D eigenvalue weighted by atomic mass is 10.1. The van der Waals surface area contributed by atoms with Gasteiger partial charge in [-0.25, -0.2) is 4.98 Å². The highest BCUT2D eigenvalue weighted by molar-refractivity contribution is 5.66. The van der Waals surface area contributed by atoms with Crippen LogP contribution in [0, 0.1) is 0 Å². The second-order valence-electron chi connectivity index (χ2n) is 7.87. The Morgan fingerprint density at radius 1 is 0.970 bits per heavy atom. The van der Waals surface area contributed by atoms with Gasteiger partial charge >= 0.3 is 6.36 Å². The molecule has 1 aliphatic rings. The quantitative estimate of drug-likeness (QED) is 0.430. The highest BCUT2D eigenvalue weighted by atomic mass is 19.4. The highest BCUT2D eigenvalue weighted by Crippen LogP contribution is 2.29. The third kappa shape index (κ3) is 6.50. The van der Waals surface area contributed by atoms with Crippen LogP contribution in [-0.4, -0.2) is 29.5 Å². The number of anilines is 2. The summed E-state index contributed by atoms with van der Waals surface area (Å²) >= 11 is 0. The van der Waals surface area contributed by atoms with E-state index in [1.807, 2.05) is 24.3 Å². The number of hydrogen-bond donors (Lipinski definition) is 2. The Kier molecular flexibility index (Phi) is 6.86. The lowest BCUT2D eigenvalue weighted by molar-refractivity contribution is -0.274. The van der Waals surface area contributed by atoms with Gasteiger partial charge in [-0.1, -0.05) is 37.1 Å². The van der Waals surface area contributed by atoms with Gasteiger partial charge in [-0.3, -0.25) is 0 Å². The second-order valence-corrected chi connectivity index (χ2v) is 7.87. The fraction of sp³-hybridized carbons (Fsp3) is 0.333. The number of aromatic nitrogens is 2. The Balaban J connectivity index is 1.60. The first kappa shape index (κ1) is 22.7. The zero-order valence-electron chi connectivity index (χ0n) is 18.2. The maximum Gasteiger partial charge on any atom is 0.573 e. The summed E-state index contributed by atoms with van der Waals surface area (Å²) in [5.41, 5.74) is 1.99. The number of methoxy groups -OCH3 is 1. The van der Waals surface area contributed by atoms with Crippen molar-refractivity contribution >= 4 is 11.8 Å². The van der Waals surface area contributed by atoms with Crippen LogP contribution in [-0.2, 0) is 6.54 Å². The van der Waals surface area contributed by atoms with Gasteiger partial charge in [0.2, 0.25) is 5.95 Å². The molecule has 2 N–H and O–H groups in total. The molecular formula is C24H25F3N4O2. The number of ether oxygens (including phenoxy) is 2. The van der Waals surface area contributed by atoms with Gasteiger partial charge in [0.25, 0.3) is 0 Å². The summed E-state index contributed by atoms with van der Waals surface area (Å²) in [5.74, 6) is 1.46. The monoisotopic (exact) mass is 458 g/mol. The van der Waals surface area contributed by atoms with Crippen molar-refractivity contribution in [1.82, 2.24) is 9.97 Å². The molecule has 6 nitrogen and oxygen atoms in total. The highest BCUT2D eigenvalue weighted by Gasteiger charge is 2.31. The van der Waals surface area contributed by atoms with E-state index in [-0.39, 0.29) is 11.8 Å². The molecule has 0 aliphatic heterocycles. The number of hydrogen-bond acceptors (Lipinski definition) is 6. The molecule has 0 radical (unpaired) electrons. The van der Waals surface area contributed by atoms with Crippen LogP contribution in [0.2, 0.25) is 0 Å². The van der Waals surface area contributed by atoms with Gasteiger partial charge in [0.1, 0.15) is 17.3 Å². The number of halogens is 3. The van der Waals surface area contributed by atoms with Gasteiger partial charge in [0.15, 0.2) is 0 Å². The Hall–Kier alpha value is -3.49. The van der Waals surface area contributed by atoms with Gasteiger partial charge in [-0.2, -0.15) is 4.98 Å². The Bertz CT molecular complexity index is 1090. The minimum absolute atomic E-state index is 0.284. The zero-order chi connectivity index (χ0) is 23.3. The van der Waals surface area contributed by atoms with E-state index in [1.165, 1.54) is 18.2 Å². The molecule has 0 spiro atoms. The Morgan fingerprint density at radius 2 is 1.73 bits per heavy atom. The molecule has 0 saturated heterocycles. The predicted octanol–water partition coefficient (Wildman–Crippen LogP) is 6.02. The van der Waals surface area contributed by atoms with Crippen molar-refractivity contribution in [3.8, 4) is 22.8 Å². The first-order valence-electron chi connectivity index (χ1n) is 10.8. The fourth-order valence-electron chi connectivity index (χ4n) is 3.83. The lowest BCUT2D eigenvalue weighted by Gasteiger charge is -2.15. The molecular weight excluding hydrogens is 433 g/mol. The zero-order valence-corrected chi connectivity index (χ0v) is 18.2. The third-order valence-electron chi connectivity index (χ3n) is 5.39. The van der Waals surface area contributed by atoms with Crippen LogP contribution in [0.1, 0.15) is 31.2 Å². The standard InChI is InChI=1S/C24H25F3N4O2/c1-32-19-10-4-6-16(12-19)15-28-22-14-21(30-23(31-22)29-18-8-2-3-9-18)17-7-5-11-20(13-17)33-24(25,26)27/h4-7,10-14,18H,2-3,8-9,15H2,1H3,(H2,28,29,30,31). The van der Waals surface area contributed by atoms with E-state index in [0.29, 0.717) is 29.6 Å². The molecule has 4 rings (SSSR count). The van der Waals surface area contributed by atoms with Crippen LogP contribution in [0.25, 0.3) is 11.3 Å². The molecule has 33 heavy (non-hydrogen) atoms. The van der Waals surface area contributed by atoms with E-state index >= 15 is 0 Å². The SMILES string of the molecule is COc1cccc(CNc2cc(-c3cccc(OC(F)(F)F)c3)nc(NC3CCCC3)n2)c1. The van der Waals surface area contributed by atoms with E-state index in [0.717, 1.165) is 37.0 Å². The van der Waals surface area contributed by atoms with Crippen molar-refractivity contribution in [2.24, 2.45) is 0 Å². The van der Waals surface area contributed by atoms with Crippen molar-refractivity contribution in [3.05, 3.63) is 60.2 Å². The molecule has 1 aromatic heterocycles. The molecule has 1 saturated carbocycles. The summed E-state index contributed by atoms with van der Waals surface area (Å²) in [6.45, 7) is 0.494. The van der Waals surface area contributed by atoms with Crippen molar-refractivity contribution in [1.29, 1.82) is 0 Å². The van der Waals surface area contributed by atoms with E-state index in [1.54, 1.807) is 19.2 Å². The minimum Gasteiger partial charge on any atom is -0.497 e. The van der Waals surface area contributed by atoms with Crippen molar-refractivity contribution < 1.29 is 22.6 Å². The smallest absolute Gasteiger partial charge is 0.497 e. The van der Waals surface area contributed by atoms with Gasteiger partial charge in [-0.15, -0.1) is 13.2 Å². The Labute approximate surface area is 190 Å². The van der Waals surface area contributed by atoms with Crippen LogP contribution >= 0.6 is 0 Å². The molecule has 0 unspecified atom stereocenters. The van der Waals surface area contributed by atoms with Crippen LogP contribution in [0.4, 0.5) is 24.9 Å². The topological polar surface area (TPSA) is 68.3 Å². The molecule has 174 valence electrons. The summed E-state index contributed by atoms with van der Waals surface area (Å²) in [6.07, 6.45) is -0.392. The summed E-state index contributed by atoms with van der Waals surface area (Å²) in [7, 11) is 1.61. The summed E-state index contributed by atoms with van der Waals surface area (Å²) in [5, 5.41) is 6.65. The van der Waals surface area contributed by atoms with Crippen molar-refractivity contribution in [2.75, 3.05) is 17.7 Å². The molecule has 1 heterocycles. The first-order chi connectivity index (χ1) is 15.9. The molecule has 9 heteroatoms. The average Bonchev–Trinajstić information content (AvgIpc) is 3.30. The van der Waals surface area contributed by atoms with E-state index < -0.39 is 6.36 Å². The number of benzene rings is 2. The van der Waals surface area contributed by atoms with E-state index in [9.17, 15) is 13.2 Å². The average molecular weight is 458 g/mol. The number of rotatable bonds is 8. The molecule has 0 bridgehead atoms. The Morgan fingerprint density at radius 3 is 2.48 bits per heavy atom. The van der Waals surface area contributed by atoms with Gasteiger partial charge < -0.3 is 20.1 Å². The lowest BCUT2D eigenvalue weighted by Crippen LogP contribution is -2.18. The van der Waals surface area contributed by atoms with E-state index in [2.05, 4.69) is 25.3 Å². The van der Waals surface area contributed by atoms with Crippen LogP contribution in [0.3, 0.4) is 0 Å². The predicted molar refractivity (Wildman–Crippen MR) is 120 cm³/mol. The molecule has 0 atom stereocenters. The number of nitrogens with zero attached hydrogens (tertiary/aromatic N) is 2. The molecule has 1 aliphatic carbocycles. The van der Waals surface area contributed by atoms with Crippen molar-refractivity contribution in [2.45, 2.75) is 44.6 Å². The second kappa shape index (κ2) is 9.97. The van der Waals surface area contributed by atoms with Crippen LogP contribution < -0.4 is 20.1 Å². The normalized spacial score (nSPS) is 14.2. The number of nitrogens with one attached hydrogen (secondary N) is 2. The number of alkyl halides is 3. The van der Waals surface area contributed by atoms with Gasteiger partial charge in [-0.05, 0) is 42.7 Å². The molecule has 2 aromatic carbocycles. The fourth-order valence-corrected chi connectivity index (χ4v) is 3.83. The first-order valence-corrected chi connectivity index (χ1v) is 10.8. The minimum atomic E-state index is -4.76. The van der Waals surface area contributed by atoms with Crippen LogP contribution in [0.5, 0.6) is 11.5 Å². The summed E-state index contributed by atoms with van der Waals surface area (Å²) < 4.78 is 47.4. The molecule has 3 aromatic rings. The summed E-state index contributed by atoms with van der Waals surface area (Å²) in [6, 6.07) is 15.4. The van der Waals surface area contributed by atoms with Crippen molar-refractivity contribution in [3.63, 3.8) is 0 Å². The van der Waals surface area contributed by atoms with Gasteiger partial charge in [0.05, 0.1) is 12.8 Å². The third-order valence-corrected chi connectivity index (χ3v) is 5.39. The van der Waals surface area contributed by atoms with E-state index in [4.69, 9.17) is 4.74 Å². The molecule has 1 fully saturated rings. The maximum absolute atomic E-state index is 12.7.